The number of halogens is 8. The average molecular weight is 492 g/mol. The molecule has 0 radical (unpaired) electrons. The first-order valence-corrected chi connectivity index (χ1v) is 9.08. The largest absolute Gasteiger partial charge is 0.461 e. The number of nitrogens with one attached hydrogen (secondary N) is 1. The Hall–Kier alpha value is -3.91. The van der Waals surface area contributed by atoms with Gasteiger partial charge < -0.3 is 10.1 Å². The van der Waals surface area contributed by atoms with E-state index in [1.165, 1.54) is 12.1 Å². The lowest BCUT2D eigenvalue weighted by atomic mass is 10.2. The molecule has 0 aliphatic rings. The first-order valence-electron chi connectivity index (χ1n) is 9.08. The molecule has 7 nitrogen and oxygen atoms in total. The van der Waals surface area contributed by atoms with E-state index in [9.17, 15) is 35.1 Å². The lowest BCUT2D eigenvalue weighted by Crippen LogP contribution is -2.33. The summed E-state index contributed by atoms with van der Waals surface area (Å²) in [7, 11) is 0. The molecule has 0 saturated carbocycles. The van der Waals surface area contributed by atoms with E-state index in [1.54, 1.807) is 0 Å². The molecular weight excluding hydrogens is 480 g/mol. The molecule has 0 bridgehead atoms. The Kier molecular flexibility index (Phi) is 7.22. The van der Waals surface area contributed by atoms with Gasteiger partial charge in [-0.1, -0.05) is 12.1 Å². The molecule has 0 unspecified atom stereocenters. The van der Waals surface area contributed by atoms with Crippen molar-refractivity contribution in [1.82, 2.24) is 15.0 Å². The second-order valence-corrected chi connectivity index (χ2v) is 6.43. The number of rotatable bonds is 8. The Bertz CT molecular complexity index is 1150. The summed E-state index contributed by atoms with van der Waals surface area (Å²) in [6, 6.07) is 6.92. The van der Waals surface area contributed by atoms with Crippen molar-refractivity contribution >= 4 is 17.6 Å². The van der Waals surface area contributed by atoms with Crippen molar-refractivity contribution in [3.8, 4) is 5.75 Å². The molecule has 0 fully saturated rings. The first-order chi connectivity index (χ1) is 15.9. The third-order valence-electron chi connectivity index (χ3n) is 3.93. The predicted molar refractivity (Wildman–Crippen MR) is 101 cm³/mol. The van der Waals surface area contributed by atoms with Gasteiger partial charge in [0.1, 0.15) is 17.9 Å². The van der Waals surface area contributed by atoms with Crippen molar-refractivity contribution in [2.75, 3.05) is 5.32 Å². The summed E-state index contributed by atoms with van der Waals surface area (Å²) in [5, 5.41) is 9.97. The molecule has 1 N–H and O–H groups in total. The van der Waals surface area contributed by atoms with Gasteiger partial charge in [0.05, 0.1) is 12.1 Å². The van der Waals surface area contributed by atoms with Crippen LogP contribution in [0.5, 0.6) is 5.75 Å². The van der Waals surface area contributed by atoms with Crippen molar-refractivity contribution in [3.63, 3.8) is 0 Å². The number of nitrogens with zero attached hydrogens (tertiary/aromatic N) is 5. The van der Waals surface area contributed by atoms with E-state index in [0.29, 0.717) is 17.7 Å². The molecule has 34 heavy (non-hydrogen) atoms. The number of azo groups is 1. The van der Waals surface area contributed by atoms with Gasteiger partial charge in [-0.05, 0) is 35.9 Å². The fraction of sp³-hybridized carbons (Fsp3) is 0.211. The maximum Gasteiger partial charge on any atom is 0.461 e. The standard InChI is InChI=1S/C19H12F8N6O/c20-14-6-3-11(7-13(14)18(23,24)25)31-16-28-9-29-17(32-16)33-30-8-10-1-4-12(5-2-10)34-19(26,27)15(21)22/h1-7,9,15H,8H2,(H,28,29,31,32). The Morgan fingerprint density at radius 3 is 2.32 bits per heavy atom. The quantitative estimate of drug-likeness (QED) is 0.295. The van der Waals surface area contributed by atoms with Crippen molar-refractivity contribution in [1.29, 1.82) is 0 Å². The molecular formula is C19H12F8N6O. The fourth-order valence-electron chi connectivity index (χ4n) is 2.39. The van der Waals surface area contributed by atoms with Crippen molar-refractivity contribution in [3.05, 3.63) is 65.7 Å². The van der Waals surface area contributed by atoms with E-state index in [-0.39, 0.29) is 24.1 Å². The second-order valence-electron chi connectivity index (χ2n) is 6.43. The second kappa shape index (κ2) is 9.93. The number of hydrogen-bond acceptors (Lipinski definition) is 7. The highest BCUT2D eigenvalue weighted by molar-refractivity contribution is 5.55. The van der Waals surface area contributed by atoms with Gasteiger partial charge in [-0.2, -0.15) is 45.8 Å². The molecule has 180 valence electrons. The molecule has 0 atom stereocenters. The smallest absolute Gasteiger partial charge is 0.428 e. The Morgan fingerprint density at radius 2 is 1.68 bits per heavy atom. The number of anilines is 2. The van der Waals surface area contributed by atoms with E-state index in [0.717, 1.165) is 24.5 Å². The summed E-state index contributed by atoms with van der Waals surface area (Å²) in [6.45, 7) is -0.0765. The molecule has 1 aromatic heterocycles. The van der Waals surface area contributed by atoms with Crippen LogP contribution in [-0.2, 0) is 12.7 Å². The maximum atomic E-state index is 13.4. The van der Waals surface area contributed by atoms with Gasteiger partial charge in [-0.3, -0.25) is 0 Å². The van der Waals surface area contributed by atoms with Gasteiger partial charge in [0, 0.05) is 5.69 Å². The normalized spacial score (nSPS) is 12.4. The number of hydrogen-bond donors (Lipinski definition) is 1. The third kappa shape index (κ3) is 6.55. The number of aromatic nitrogens is 3. The van der Waals surface area contributed by atoms with Crippen molar-refractivity contribution < 1.29 is 39.9 Å². The summed E-state index contributed by atoms with van der Waals surface area (Å²) in [5.41, 5.74) is -1.15. The summed E-state index contributed by atoms with van der Waals surface area (Å²) in [6.07, 6.45) is -12.5. The number of ether oxygens (including phenoxy) is 1. The molecule has 3 aromatic rings. The van der Waals surface area contributed by atoms with Crippen LogP contribution < -0.4 is 10.1 Å². The van der Waals surface area contributed by atoms with Crippen molar-refractivity contribution in [2.24, 2.45) is 10.2 Å². The van der Waals surface area contributed by atoms with E-state index >= 15 is 0 Å². The zero-order valence-electron chi connectivity index (χ0n) is 16.6. The SMILES string of the molecule is Fc1ccc(Nc2ncnc(N=NCc3ccc(OC(F)(F)C(F)F)cc3)n2)cc1C(F)(F)F. The third-order valence-corrected chi connectivity index (χ3v) is 3.93. The van der Waals surface area contributed by atoms with Gasteiger partial charge in [-0.25, -0.2) is 9.37 Å². The van der Waals surface area contributed by atoms with Crippen LogP contribution in [0.3, 0.4) is 0 Å². The van der Waals surface area contributed by atoms with Gasteiger partial charge in [0.2, 0.25) is 5.95 Å². The van der Waals surface area contributed by atoms with Gasteiger partial charge in [-0.15, -0.1) is 5.11 Å². The summed E-state index contributed by atoms with van der Waals surface area (Å²) >= 11 is 0. The molecule has 1 heterocycles. The van der Waals surface area contributed by atoms with E-state index in [2.05, 4.69) is 35.2 Å². The Labute approximate surface area is 185 Å². The topological polar surface area (TPSA) is 84.7 Å². The van der Waals surface area contributed by atoms with E-state index in [4.69, 9.17) is 0 Å². The molecule has 0 aliphatic heterocycles. The minimum Gasteiger partial charge on any atom is -0.428 e. The van der Waals surface area contributed by atoms with Crippen LogP contribution in [0.2, 0.25) is 0 Å². The van der Waals surface area contributed by atoms with Gasteiger partial charge in [0.25, 0.3) is 5.95 Å². The minimum absolute atomic E-state index is 0.0765. The minimum atomic E-state index is -4.89. The van der Waals surface area contributed by atoms with Crippen LogP contribution in [-0.4, -0.2) is 27.5 Å². The summed E-state index contributed by atoms with van der Waals surface area (Å²) < 4.78 is 106. The molecule has 3 rings (SSSR count). The van der Waals surface area contributed by atoms with Crippen LogP contribution in [0.1, 0.15) is 11.1 Å². The molecule has 0 saturated heterocycles. The van der Waals surface area contributed by atoms with Crippen LogP contribution in [0, 0.1) is 5.82 Å². The van der Waals surface area contributed by atoms with E-state index < -0.39 is 35.8 Å². The Balaban J connectivity index is 1.63. The predicted octanol–water partition coefficient (Wildman–Crippen LogP) is 6.29. The van der Waals surface area contributed by atoms with Crippen molar-refractivity contribution in [2.45, 2.75) is 25.3 Å². The highest BCUT2D eigenvalue weighted by Crippen LogP contribution is 2.33. The van der Waals surface area contributed by atoms with Gasteiger partial charge in [0.15, 0.2) is 0 Å². The zero-order chi connectivity index (χ0) is 24.9. The van der Waals surface area contributed by atoms with Crippen LogP contribution in [0.25, 0.3) is 0 Å². The molecule has 0 aliphatic carbocycles. The average Bonchev–Trinajstić information content (AvgIpc) is 2.75. The van der Waals surface area contributed by atoms with Crippen LogP contribution in [0.15, 0.2) is 59.0 Å². The highest BCUT2D eigenvalue weighted by Gasteiger charge is 2.43. The summed E-state index contributed by atoms with van der Waals surface area (Å²) in [4.78, 5) is 11.3. The highest BCUT2D eigenvalue weighted by atomic mass is 19.4. The van der Waals surface area contributed by atoms with E-state index in [1.807, 2.05) is 0 Å². The first kappa shape index (κ1) is 24.7. The maximum absolute atomic E-state index is 13.4. The monoisotopic (exact) mass is 492 g/mol. The lowest BCUT2D eigenvalue weighted by Gasteiger charge is -2.16. The van der Waals surface area contributed by atoms with Crippen LogP contribution in [0.4, 0.5) is 52.7 Å². The molecule has 2 aromatic carbocycles. The number of alkyl halides is 7. The molecule has 0 amide bonds. The molecule has 15 heteroatoms. The molecule has 0 spiro atoms. The lowest BCUT2D eigenvalue weighted by molar-refractivity contribution is -0.253. The Morgan fingerprint density at radius 1 is 0.971 bits per heavy atom. The van der Waals surface area contributed by atoms with Gasteiger partial charge >= 0.3 is 18.7 Å². The summed E-state index contributed by atoms with van der Waals surface area (Å²) in [5.74, 6) is -2.32. The van der Waals surface area contributed by atoms with Crippen LogP contribution >= 0.6 is 0 Å². The fourth-order valence-corrected chi connectivity index (χ4v) is 2.39. The zero-order valence-corrected chi connectivity index (χ0v) is 16.6. The number of benzene rings is 2.